The first-order valence-corrected chi connectivity index (χ1v) is 14.0. The molecule has 11 nitrogen and oxygen atoms in total. The first kappa shape index (κ1) is 30.2. The number of rotatable bonds is 10. The zero-order valence-corrected chi connectivity index (χ0v) is 24.6. The Morgan fingerprint density at radius 3 is 1.98 bits per heavy atom. The van der Waals surface area contributed by atoms with Crippen LogP contribution in [-0.2, 0) is 19.4 Å². The Balaban J connectivity index is 1.38. The van der Waals surface area contributed by atoms with Crippen LogP contribution in [0.4, 0.5) is 13.2 Å². The SMILES string of the molecule is COc1cccc(-n2cc(CCc3c(C(=O)C(F)(F)F)c(=O)n(Cc4cn(-c5cccc(OC)c5)nn4)c4ccccc34)nn2)c1. The van der Waals surface area contributed by atoms with E-state index in [9.17, 15) is 22.8 Å². The number of fused-ring (bicyclic) bond motifs is 1. The molecule has 0 saturated carbocycles. The number of carbonyl (C=O) groups is 1. The molecule has 0 unspecified atom stereocenters. The lowest BCUT2D eigenvalue weighted by molar-refractivity contribution is -0.0886. The number of aromatic nitrogens is 7. The van der Waals surface area contributed by atoms with Crippen LogP contribution >= 0.6 is 0 Å². The monoisotopic (exact) mass is 629 g/mol. The highest BCUT2D eigenvalue weighted by molar-refractivity contribution is 6.04. The van der Waals surface area contributed by atoms with E-state index >= 15 is 0 Å². The number of benzene rings is 3. The van der Waals surface area contributed by atoms with Gasteiger partial charge < -0.3 is 14.0 Å². The third-order valence-electron chi connectivity index (χ3n) is 7.43. The van der Waals surface area contributed by atoms with Crippen LogP contribution in [0.15, 0.2) is 90.0 Å². The van der Waals surface area contributed by atoms with E-state index < -0.39 is 23.1 Å². The van der Waals surface area contributed by atoms with Crippen LogP contribution in [0, 0.1) is 0 Å². The number of carbonyl (C=O) groups excluding carboxylic acids is 1. The summed E-state index contributed by atoms with van der Waals surface area (Å²) in [6, 6.07) is 20.6. The molecule has 0 bridgehead atoms. The van der Waals surface area contributed by atoms with Gasteiger partial charge in [0.2, 0.25) is 0 Å². The van der Waals surface area contributed by atoms with Crippen LogP contribution < -0.4 is 15.0 Å². The molecular formula is C32H26F3N7O4. The number of aryl methyl sites for hydroxylation is 2. The maximum atomic E-state index is 14.0. The molecule has 46 heavy (non-hydrogen) atoms. The van der Waals surface area contributed by atoms with Crippen LogP contribution in [0.3, 0.4) is 0 Å². The highest BCUT2D eigenvalue weighted by atomic mass is 19.4. The van der Waals surface area contributed by atoms with Crippen molar-refractivity contribution >= 4 is 16.7 Å². The van der Waals surface area contributed by atoms with Crippen molar-refractivity contribution < 1.29 is 27.4 Å². The van der Waals surface area contributed by atoms with Gasteiger partial charge >= 0.3 is 6.18 Å². The molecule has 0 amide bonds. The van der Waals surface area contributed by atoms with Gasteiger partial charge in [0.25, 0.3) is 11.3 Å². The molecule has 6 rings (SSSR count). The summed E-state index contributed by atoms with van der Waals surface area (Å²) in [7, 11) is 3.06. The van der Waals surface area contributed by atoms with Crippen LogP contribution in [0.1, 0.15) is 27.3 Å². The van der Waals surface area contributed by atoms with E-state index in [4.69, 9.17) is 9.47 Å². The molecule has 0 fully saturated rings. The highest BCUT2D eigenvalue weighted by Gasteiger charge is 2.43. The fourth-order valence-corrected chi connectivity index (χ4v) is 5.22. The number of ether oxygens (including phenoxy) is 2. The summed E-state index contributed by atoms with van der Waals surface area (Å²) in [5, 5.41) is 16.8. The normalized spacial score (nSPS) is 11.6. The molecule has 0 N–H and O–H groups in total. The minimum Gasteiger partial charge on any atom is -0.497 e. The van der Waals surface area contributed by atoms with Gasteiger partial charge in [0, 0.05) is 17.5 Å². The first-order valence-electron chi connectivity index (χ1n) is 14.0. The zero-order chi connectivity index (χ0) is 32.4. The second kappa shape index (κ2) is 12.3. The molecule has 6 aromatic rings. The van der Waals surface area contributed by atoms with E-state index in [2.05, 4.69) is 20.6 Å². The number of ketones is 1. The Hall–Kier alpha value is -5.79. The summed E-state index contributed by atoms with van der Waals surface area (Å²) in [5.74, 6) is -1.02. The van der Waals surface area contributed by atoms with Crippen molar-refractivity contribution in [3.05, 3.63) is 118 Å². The quantitative estimate of drug-likeness (QED) is 0.199. The predicted octanol–water partition coefficient (Wildman–Crippen LogP) is 4.76. The van der Waals surface area contributed by atoms with Gasteiger partial charge in [-0.15, -0.1) is 10.2 Å². The minimum atomic E-state index is -5.28. The Morgan fingerprint density at radius 2 is 1.37 bits per heavy atom. The molecule has 0 saturated heterocycles. The van der Waals surface area contributed by atoms with Crippen molar-refractivity contribution in [2.24, 2.45) is 0 Å². The third-order valence-corrected chi connectivity index (χ3v) is 7.43. The molecule has 3 heterocycles. The van der Waals surface area contributed by atoms with Crippen LogP contribution in [0.25, 0.3) is 22.3 Å². The summed E-state index contributed by atoms with van der Waals surface area (Å²) in [4.78, 5) is 26.7. The summed E-state index contributed by atoms with van der Waals surface area (Å²) < 4.78 is 56.4. The van der Waals surface area contributed by atoms with Crippen LogP contribution in [0.2, 0.25) is 0 Å². The number of para-hydroxylation sites is 1. The number of nitrogens with zero attached hydrogens (tertiary/aromatic N) is 7. The Bertz CT molecular complexity index is 2120. The molecule has 0 aliphatic carbocycles. The minimum absolute atomic E-state index is 0.0184. The molecule has 0 spiro atoms. The smallest absolute Gasteiger partial charge is 0.455 e. The van der Waals surface area contributed by atoms with E-state index in [1.165, 1.54) is 23.6 Å². The second-order valence-electron chi connectivity index (χ2n) is 10.3. The van der Waals surface area contributed by atoms with Gasteiger partial charge in [0.1, 0.15) is 17.2 Å². The molecule has 3 aromatic carbocycles. The molecule has 0 aliphatic heterocycles. The summed E-state index contributed by atoms with van der Waals surface area (Å²) in [6.07, 6.45) is -2.05. The Labute approximate surface area is 259 Å². The van der Waals surface area contributed by atoms with Crippen molar-refractivity contribution in [2.75, 3.05) is 14.2 Å². The average Bonchev–Trinajstić information content (AvgIpc) is 3.75. The van der Waals surface area contributed by atoms with Gasteiger partial charge in [-0.1, -0.05) is 40.8 Å². The lowest BCUT2D eigenvalue weighted by Crippen LogP contribution is -2.35. The zero-order valence-electron chi connectivity index (χ0n) is 24.6. The number of hydrogen-bond donors (Lipinski definition) is 0. The summed E-state index contributed by atoms with van der Waals surface area (Å²) in [6.45, 7) is -0.226. The van der Waals surface area contributed by atoms with E-state index in [1.54, 1.807) is 85.2 Å². The number of Topliss-reactive ketones (excluding diaryl/α,β-unsaturated/α-hetero) is 1. The second-order valence-corrected chi connectivity index (χ2v) is 10.3. The fourth-order valence-electron chi connectivity index (χ4n) is 5.22. The lowest BCUT2D eigenvalue weighted by Gasteiger charge is -2.17. The molecule has 0 atom stereocenters. The number of pyridine rings is 1. The largest absolute Gasteiger partial charge is 0.497 e. The van der Waals surface area contributed by atoms with Crippen LogP contribution in [-0.4, -0.2) is 60.7 Å². The van der Waals surface area contributed by atoms with Gasteiger partial charge in [-0.05, 0) is 48.7 Å². The van der Waals surface area contributed by atoms with Crippen LogP contribution in [0.5, 0.6) is 11.5 Å². The summed E-state index contributed by atoms with van der Waals surface area (Å²) in [5.41, 5.74) is 0.355. The predicted molar refractivity (Wildman–Crippen MR) is 161 cm³/mol. The molecular weight excluding hydrogens is 603 g/mol. The van der Waals surface area contributed by atoms with Gasteiger partial charge in [-0.3, -0.25) is 9.59 Å². The lowest BCUT2D eigenvalue weighted by atomic mass is 9.95. The highest BCUT2D eigenvalue weighted by Crippen LogP contribution is 2.28. The first-order chi connectivity index (χ1) is 22.2. The average molecular weight is 630 g/mol. The van der Waals surface area contributed by atoms with Crippen molar-refractivity contribution in [3.8, 4) is 22.9 Å². The van der Waals surface area contributed by atoms with Crippen molar-refractivity contribution in [1.29, 1.82) is 0 Å². The molecule has 0 radical (unpaired) electrons. The molecule has 3 aromatic heterocycles. The van der Waals surface area contributed by atoms with E-state index in [0.29, 0.717) is 45.2 Å². The van der Waals surface area contributed by atoms with Gasteiger partial charge in [0.15, 0.2) is 0 Å². The standard InChI is InChI=1S/C32H26F3N7O4/c1-45-24-9-5-7-22(15-24)41-18-20(36-38-41)13-14-27-26-11-3-4-12-28(26)40(31(44)29(27)30(43)32(33,34)35)17-21-19-42(39-37-21)23-8-6-10-25(16-23)46-2/h3-12,15-16,18-19H,13-14,17H2,1-2H3. The van der Waals surface area contributed by atoms with E-state index in [1.807, 2.05) is 0 Å². The molecule has 234 valence electrons. The maximum absolute atomic E-state index is 14.0. The number of halogens is 3. The van der Waals surface area contributed by atoms with Gasteiger partial charge in [-0.25, -0.2) is 9.36 Å². The van der Waals surface area contributed by atoms with Gasteiger partial charge in [0.05, 0.1) is 61.3 Å². The van der Waals surface area contributed by atoms with Crippen molar-refractivity contribution in [2.45, 2.75) is 25.6 Å². The Morgan fingerprint density at radius 1 is 0.783 bits per heavy atom. The van der Waals surface area contributed by atoms with Crippen molar-refractivity contribution in [3.63, 3.8) is 0 Å². The number of hydrogen-bond acceptors (Lipinski definition) is 8. The van der Waals surface area contributed by atoms with E-state index in [-0.39, 0.29) is 24.9 Å². The molecule has 0 aliphatic rings. The maximum Gasteiger partial charge on any atom is 0.455 e. The number of methoxy groups -OCH3 is 2. The van der Waals surface area contributed by atoms with Crippen molar-refractivity contribution in [1.82, 2.24) is 34.6 Å². The molecule has 14 heteroatoms. The topological polar surface area (TPSA) is 119 Å². The summed E-state index contributed by atoms with van der Waals surface area (Å²) >= 11 is 0. The van der Waals surface area contributed by atoms with E-state index in [0.717, 1.165) is 4.57 Å². The third kappa shape index (κ3) is 5.96. The van der Waals surface area contributed by atoms with Gasteiger partial charge in [-0.2, -0.15) is 13.2 Å². The number of alkyl halides is 3. The Kier molecular flexibility index (Phi) is 8.09. The fraction of sp³-hybridized carbons (Fsp3) is 0.188.